The summed E-state index contributed by atoms with van der Waals surface area (Å²) in [6.07, 6.45) is -7.14. The van der Waals surface area contributed by atoms with E-state index in [0.717, 1.165) is 5.56 Å². The van der Waals surface area contributed by atoms with Crippen LogP contribution in [0, 0.1) is 0 Å². The van der Waals surface area contributed by atoms with Crippen LogP contribution in [-0.4, -0.2) is 16.4 Å². The number of phenolic OH excluding ortho intramolecular Hbond substituents is 1. The van der Waals surface area contributed by atoms with E-state index in [-0.39, 0.29) is 11.3 Å². The van der Waals surface area contributed by atoms with Gasteiger partial charge in [-0.2, -0.15) is 13.2 Å². The summed E-state index contributed by atoms with van der Waals surface area (Å²) in [5.74, 6) is 0.118. The fourth-order valence-corrected chi connectivity index (χ4v) is 1.70. The fraction of sp³-hybridized carbons (Fsp3) is 0.143. The molecule has 100 valence electrons. The van der Waals surface area contributed by atoms with Crippen molar-refractivity contribution in [3.05, 3.63) is 54.1 Å². The van der Waals surface area contributed by atoms with E-state index in [1.54, 1.807) is 12.1 Å². The summed E-state index contributed by atoms with van der Waals surface area (Å²) in [6, 6.07) is 11.8. The molecule has 2 nitrogen and oxygen atoms in total. The van der Waals surface area contributed by atoms with Gasteiger partial charge in [0.1, 0.15) is 5.75 Å². The molecule has 5 heteroatoms. The van der Waals surface area contributed by atoms with Gasteiger partial charge in [0.05, 0.1) is 0 Å². The molecular formula is C14H11F3O2. The van der Waals surface area contributed by atoms with E-state index in [1.165, 1.54) is 36.4 Å². The average Bonchev–Trinajstić information content (AvgIpc) is 2.38. The third-order valence-corrected chi connectivity index (χ3v) is 2.74. The van der Waals surface area contributed by atoms with Crippen LogP contribution in [-0.2, 0) is 0 Å². The van der Waals surface area contributed by atoms with Crippen LogP contribution in [0.2, 0.25) is 0 Å². The van der Waals surface area contributed by atoms with Crippen LogP contribution in [0.25, 0.3) is 11.1 Å². The lowest BCUT2D eigenvalue weighted by molar-refractivity contribution is -0.206. The first-order valence-corrected chi connectivity index (χ1v) is 5.52. The summed E-state index contributed by atoms with van der Waals surface area (Å²) in [7, 11) is 0. The lowest BCUT2D eigenvalue weighted by Gasteiger charge is -2.15. The quantitative estimate of drug-likeness (QED) is 0.872. The second kappa shape index (κ2) is 4.93. The largest absolute Gasteiger partial charge is 0.508 e. The Morgan fingerprint density at radius 1 is 0.789 bits per heavy atom. The SMILES string of the molecule is Oc1ccc(-c2ccc([C@H](O)C(F)(F)F)cc2)cc1. The molecule has 0 aliphatic rings. The van der Waals surface area contributed by atoms with Crippen LogP contribution in [0.1, 0.15) is 11.7 Å². The van der Waals surface area contributed by atoms with Crippen molar-refractivity contribution in [2.24, 2.45) is 0 Å². The number of alkyl halides is 3. The van der Waals surface area contributed by atoms with E-state index in [9.17, 15) is 13.2 Å². The molecule has 2 aromatic carbocycles. The van der Waals surface area contributed by atoms with E-state index in [2.05, 4.69) is 0 Å². The number of rotatable bonds is 2. The lowest BCUT2D eigenvalue weighted by Crippen LogP contribution is -2.19. The van der Waals surface area contributed by atoms with E-state index in [0.29, 0.717) is 5.56 Å². The molecule has 0 heterocycles. The number of phenols is 1. The molecule has 2 aromatic rings. The van der Waals surface area contributed by atoms with Gasteiger partial charge < -0.3 is 10.2 Å². The Hall–Kier alpha value is -2.01. The van der Waals surface area contributed by atoms with Crippen LogP contribution in [0.4, 0.5) is 13.2 Å². The maximum atomic E-state index is 12.3. The highest BCUT2D eigenvalue weighted by Gasteiger charge is 2.39. The Balaban J connectivity index is 2.26. The average molecular weight is 268 g/mol. The predicted molar refractivity (Wildman–Crippen MR) is 64.6 cm³/mol. The second-order valence-electron chi connectivity index (χ2n) is 4.11. The van der Waals surface area contributed by atoms with Gasteiger partial charge in [-0.05, 0) is 28.8 Å². The van der Waals surface area contributed by atoms with Crippen LogP contribution in [0.5, 0.6) is 5.75 Å². The zero-order valence-electron chi connectivity index (χ0n) is 9.72. The summed E-state index contributed by atoms with van der Waals surface area (Å²) in [4.78, 5) is 0. The predicted octanol–water partition coefficient (Wildman–Crippen LogP) is 3.65. The van der Waals surface area contributed by atoms with Gasteiger partial charge in [-0.3, -0.25) is 0 Å². The maximum Gasteiger partial charge on any atom is 0.418 e. The van der Waals surface area contributed by atoms with E-state index in [4.69, 9.17) is 10.2 Å². The molecule has 0 aliphatic heterocycles. The van der Waals surface area contributed by atoms with Crippen molar-refractivity contribution in [1.29, 1.82) is 0 Å². The Labute approximate surface area is 107 Å². The first-order chi connectivity index (χ1) is 8.88. The molecule has 0 saturated carbocycles. The van der Waals surface area contributed by atoms with E-state index in [1.807, 2.05) is 0 Å². The lowest BCUT2D eigenvalue weighted by atomic mass is 10.0. The molecule has 0 fully saturated rings. The van der Waals surface area contributed by atoms with E-state index >= 15 is 0 Å². The Bertz CT molecular complexity index is 544. The number of benzene rings is 2. The molecule has 0 aromatic heterocycles. The summed E-state index contributed by atoms with van der Waals surface area (Å²) < 4.78 is 37.0. The Morgan fingerprint density at radius 3 is 1.63 bits per heavy atom. The standard InChI is InChI=1S/C14H11F3O2/c15-14(16,17)13(19)11-3-1-9(2-4-11)10-5-7-12(18)8-6-10/h1-8,13,18-19H/t13-/m0/s1. The third kappa shape index (κ3) is 3.06. The highest BCUT2D eigenvalue weighted by atomic mass is 19.4. The van der Waals surface area contributed by atoms with E-state index < -0.39 is 12.3 Å². The highest BCUT2D eigenvalue weighted by Crippen LogP contribution is 2.33. The number of aromatic hydroxyl groups is 1. The molecule has 2 N–H and O–H groups in total. The minimum Gasteiger partial charge on any atom is -0.508 e. The van der Waals surface area contributed by atoms with Gasteiger partial charge in [0, 0.05) is 0 Å². The molecule has 2 rings (SSSR count). The van der Waals surface area contributed by atoms with Gasteiger partial charge in [0.25, 0.3) is 0 Å². The summed E-state index contributed by atoms with van der Waals surface area (Å²) in [5, 5.41) is 18.2. The molecule has 0 aliphatic carbocycles. The van der Waals surface area contributed by atoms with Crippen molar-refractivity contribution in [3.63, 3.8) is 0 Å². The van der Waals surface area contributed by atoms with Crippen molar-refractivity contribution in [2.75, 3.05) is 0 Å². The smallest absolute Gasteiger partial charge is 0.418 e. The zero-order valence-corrected chi connectivity index (χ0v) is 9.72. The van der Waals surface area contributed by atoms with Crippen LogP contribution in [0.15, 0.2) is 48.5 Å². The normalized spacial score (nSPS) is 13.3. The van der Waals surface area contributed by atoms with Crippen molar-refractivity contribution < 1.29 is 23.4 Å². The molecule has 0 bridgehead atoms. The van der Waals surface area contributed by atoms with Gasteiger partial charge in [-0.25, -0.2) is 0 Å². The molecule has 0 radical (unpaired) electrons. The number of aliphatic hydroxyl groups is 1. The second-order valence-corrected chi connectivity index (χ2v) is 4.11. The summed E-state index contributed by atoms with van der Waals surface area (Å²) in [6.45, 7) is 0. The van der Waals surface area contributed by atoms with Crippen LogP contribution >= 0.6 is 0 Å². The number of hydrogen-bond acceptors (Lipinski definition) is 2. The highest BCUT2D eigenvalue weighted by molar-refractivity contribution is 5.64. The van der Waals surface area contributed by atoms with Gasteiger partial charge in [-0.1, -0.05) is 36.4 Å². The van der Waals surface area contributed by atoms with Gasteiger partial charge >= 0.3 is 6.18 Å². The molecule has 19 heavy (non-hydrogen) atoms. The first kappa shape index (κ1) is 13.4. The zero-order chi connectivity index (χ0) is 14.0. The van der Waals surface area contributed by atoms with Crippen LogP contribution < -0.4 is 0 Å². The van der Waals surface area contributed by atoms with Crippen molar-refractivity contribution in [2.45, 2.75) is 12.3 Å². The Morgan fingerprint density at radius 2 is 1.21 bits per heavy atom. The summed E-state index contributed by atoms with van der Waals surface area (Å²) in [5.41, 5.74) is 1.28. The number of halogens is 3. The minimum absolute atomic E-state index is 0.118. The van der Waals surface area contributed by atoms with Gasteiger partial charge in [-0.15, -0.1) is 0 Å². The topological polar surface area (TPSA) is 40.5 Å². The van der Waals surface area contributed by atoms with Crippen molar-refractivity contribution in [1.82, 2.24) is 0 Å². The summed E-state index contributed by atoms with van der Waals surface area (Å²) >= 11 is 0. The van der Waals surface area contributed by atoms with Crippen LogP contribution in [0.3, 0.4) is 0 Å². The number of hydrogen-bond donors (Lipinski definition) is 2. The van der Waals surface area contributed by atoms with Gasteiger partial charge in [0.2, 0.25) is 0 Å². The molecule has 0 saturated heterocycles. The molecular weight excluding hydrogens is 257 g/mol. The number of aliphatic hydroxyl groups excluding tert-OH is 1. The molecule has 0 amide bonds. The maximum absolute atomic E-state index is 12.3. The van der Waals surface area contributed by atoms with Crippen molar-refractivity contribution >= 4 is 0 Å². The first-order valence-electron chi connectivity index (χ1n) is 5.52. The van der Waals surface area contributed by atoms with Crippen molar-refractivity contribution in [3.8, 4) is 16.9 Å². The molecule has 0 spiro atoms. The monoisotopic (exact) mass is 268 g/mol. The third-order valence-electron chi connectivity index (χ3n) is 2.74. The van der Waals surface area contributed by atoms with Gasteiger partial charge in [0.15, 0.2) is 6.10 Å². The Kier molecular flexibility index (Phi) is 3.48. The molecule has 1 atom stereocenters. The minimum atomic E-state index is -4.67. The molecule has 0 unspecified atom stereocenters. The fourth-order valence-electron chi connectivity index (χ4n) is 1.70.